The fourth-order valence-corrected chi connectivity index (χ4v) is 4.06. The average Bonchev–Trinajstić information content (AvgIpc) is 2.45. The van der Waals surface area contributed by atoms with Gasteiger partial charge in [0.05, 0.1) is 0 Å². The number of nitrogens with one attached hydrogen (secondary N) is 1. The molecular formula is C13H18N2O3S2. The van der Waals surface area contributed by atoms with Gasteiger partial charge in [-0.2, -0.15) is 0 Å². The standard InChI is InChI=1S/C13H18N2O3S2/c1-2-3-4-5-14-9-11(16)15-10(13(17)18)8(6-19)7-20-12(9)15/h6,9,12,14H,2-5,7H2,1H3,(H,17,18)/t9?,12-/m0/s1. The number of hydrogen-bond donors (Lipinski definition) is 2. The third-order valence-electron chi connectivity index (χ3n) is 3.49. The molecule has 1 unspecified atom stereocenters. The molecule has 1 amide bonds. The van der Waals surface area contributed by atoms with Gasteiger partial charge in [-0.05, 0) is 13.0 Å². The molecule has 1 saturated heterocycles. The van der Waals surface area contributed by atoms with Gasteiger partial charge < -0.3 is 10.4 Å². The molecule has 0 bridgehead atoms. The highest BCUT2D eigenvalue weighted by molar-refractivity contribution is 8.00. The van der Waals surface area contributed by atoms with Crippen LogP contribution < -0.4 is 5.32 Å². The molecule has 2 rings (SSSR count). The van der Waals surface area contributed by atoms with Crippen molar-refractivity contribution in [1.29, 1.82) is 0 Å². The van der Waals surface area contributed by atoms with Crippen LogP contribution in [0.1, 0.15) is 26.2 Å². The molecular weight excluding hydrogens is 296 g/mol. The molecule has 20 heavy (non-hydrogen) atoms. The van der Waals surface area contributed by atoms with E-state index < -0.39 is 5.97 Å². The van der Waals surface area contributed by atoms with Crippen molar-refractivity contribution < 1.29 is 14.7 Å². The van der Waals surface area contributed by atoms with Crippen LogP contribution in [-0.4, -0.2) is 51.0 Å². The van der Waals surface area contributed by atoms with E-state index in [0.29, 0.717) is 11.3 Å². The second-order valence-corrected chi connectivity index (χ2v) is 6.19. The summed E-state index contributed by atoms with van der Waals surface area (Å²) in [4.78, 5) is 24.8. The van der Waals surface area contributed by atoms with Crippen LogP contribution in [0.2, 0.25) is 0 Å². The largest absolute Gasteiger partial charge is 0.477 e. The smallest absolute Gasteiger partial charge is 0.352 e. The summed E-state index contributed by atoms with van der Waals surface area (Å²) in [6.07, 6.45) is 3.30. The van der Waals surface area contributed by atoms with Crippen molar-refractivity contribution in [2.75, 3.05) is 12.3 Å². The lowest BCUT2D eigenvalue weighted by Gasteiger charge is -2.49. The fourth-order valence-electron chi connectivity index (χ4n) is 2.42. The Bertz CT molecular complexity index is 465. The van der Waals surface area contributed by atoms with E-state index in [1.165, 1.54) is 10.3 Å². The number of hydrogen-bond acceptors (Lipinski definition) is 5. The molecule has 5 nitrogen and oxygen atoms in total. The third-order valence-corrected chi connectivity index (χ3v) is 5.07. The SMILES string of the molecule is CCCCCNC1C(=O)N2C(C(=O)O)=C(C=S)CS[C@@H]12. The van der Waals surface area contributed by atoms with Gasteiger partial charge in [-0.3, -0.25) is 9.69 Å². The number of fused-ring (bicyclic) bond motifs is 1. The molecule has 2 atom stereocenters. The normalized spacial score (nSPS) is 25.2. The highest BCUT2D eigenvalue weighted by Gasteiger charge is 2.52. The van der Waals surface area contributed by atoms with Crippen molar-refractivity contribution in [1.82, 2.24) is 10.2 Å². The lowest BCUT2D eigenvalue weighted by molar-refractivity contribution is -0.149. The maximum atomic E-state index is 12.1. The second kappa shape index (κ2) is 6.69. The maximum Gasteiger partial charge on any atom is 0.352 e. The average molecular weight is 314 g/mol. The van der Waals surface area contributed by atoms with Gasteiger partial charge in [-0.25, -0.2) is 4.79 Å². The molecule has 0 aliphatic carbocycles. The van der Waals surface area contributed by atoms with Gasteiger partial charge >= 0.3 is 5.97 Å². The molecule has 7 heteroatoms. The fraction of sp³-hybridized carbons (Fsp3) is 0.615. The third kappa shape index (κ3) is 2.75. The van der Waals surface area contributed by atoms with Gasteiger partial charge in [0.25, 0.3) is 0 Å². The number of thioether (sulfide) groups is 1. The van der Waals surface area contributed by atoms with E-state index in [1.807, 2.05) is 0 Å². The van der Waals surface area contributed by atoms with Gasteiger partial charge in [0, 0.05) is 16.7 Å². The number of carbonyl (C=O) groups excluding carboxylic acids is 1. The molecule has 110 valence electrons. The Morgan fingerprint density at radius 3 is 2.95 bits per heavy atom. The quantitative estimate of drug-likeness (QED) is 0.420. The first-order valence-corrected chi connectivity index (χ1v) is 8.23. The number of carboxylic acid groups (broad SMARTS) is 1. The lowest BCUT2D eigenvalue weighted by Crippen LogP contribution is -2.69. The van der Waals surface area contributed by atoms with E-state index in [1.54, 1.807) is 11.8 Å². The Labute approximate surface area is 127 Å². The number of unbranched alkanes of at least 4 members (excludes halogenated alkanes) is 2. The Kier molecular flexibility index (Phi) is 5.17. The molecule has 0 aromatic rings. The first kappa shape index (κ1) is 15.5. The Hall–Kier alpha value is -0.920. The van der Waals surface area contributed by atoms with Crippen LogP contribution in [0.3, 0.4) is 0 Å². The molecule has 0 spiro atoms. The van der Waals surface area contributed by atoms with E-state index in [2.05, 4.69) is 12.2 Å². The van der Waals surface area contributed by atoms with Gasteiger partial charge in [0.2, 0.25) is 5.91 Å². The molecule has 0 radical (unpaired) electrons. The highest BCUT2D eigenvalue weighted by Crippen LogP contribution is 2.39. The molecule has 1 fully saturated rings. The van der Waals surface area contributed by atoms with Crippen LogP contribution in [0.4, 0.5) is 0 Å². The minimum Gasteiger partial charge on any atom is -0.477 e. The Balaban J connectivity index is 2.03. The predicted octanol–water partition coefficient (Wildman–Crippen LogP) is 1.39. The summed E-state index contributed by atoms with van der Waals surface area (Å²) in [6, 6.07) is -0.266. The van der Waals surface area contributed by atoms with Crippen LogP contribution >= 0.6 is 24.0 Å². The van der Waals surface area contributed by atoms with Crippen molar-refractivity contribution in [3.8, 4) is 0 Å². The van der Waals surface area contributed by atoms with E-state index in [4.69, 9.17) is 12.2 Å². The van der Waals surface area contributed by atoms with Crippen molar-refractivity contribution in [3.63, 3.8) is 0 Å². The number of nitrogens with zero attached hydrogens (tertiary/aromatic N) is 1. The van der Waals surface area contributed by atoms with Gasteiger partial charge in [0.15, 0.2) is 0 Å². The van der Waals surface area contributed by atoms with Gasteiger partial charge in [0.1, 0.15) is 17.1 Å². The summed E-state index contributed by atoms with van der Waals surface area (Å²) in [5.74, 6) is -0.693. The zero-order chi connectivity index (χ0) is 14.7. The lowest BCUT2D eigenvalue weighted by atomic mass is 10.0. The highest BCUT2D eigenvalue weighted by atomic mass is 32.2. The monoisotopic (exact) mass is 314 g/mol. The van der Waals surface area contributed by atoms with Crippen molar-refractivity contribution in [3.05, 3.63) is 11.3 Å². The summed E-state index contributed by atoms with van der Waals surface area (Å²) in [5, 5.41) is 13.7. The summed E-state index contributed by atoms with van der Waals surface area (Å²) in [5.41, 5.74) is 0.604. The number of β-lactam (4-membered cyclic amide) rings is 1. The number of carbonyl (C=O) groups is 2. The number of rotatable bonds is 7. The van der Waals surface area contributed by atoms with Gasteiger partial charge in [-0.15, -0.1) is 11.8 Å². The molecule has 2 heterocycles. The second-order valence-electron chi connectivity index (χ2n) is 4.85. The van der Waals surface area contributed by atoms with Crippen molar-refractivity contribution in [2.24, 2.45) is 0 Å². The predicted molar refractivity (Wildman–Crippen MR) is 82.7 cm³/mol. The maximum absolute atomic E-state index is 12.1. The molecule has 0 aromatic carbocycles. The van der Waals surface area contributed by atoms with E-state index in [9.17, 15) is 14.7 Å². The van der Waals surface area contributed by atoms with E-state index >= 15 is 0 Å². The van der Waals surface area contributed by atoms with Crippen LogP contribution in [0.15, 0.2) is 11.3 Å². The van der Waals surface area contributed by atoms with Crippen LogP contribution in [0.25, 0.3) is 0 Å². The summed E-state index contributed by atoms with van der Waals surface area (Å²) >= 11 is 6.40. The van der Waals surface area contributed by atoms with Crippen molar-refractivity contribution in [2.45, 2.75) is 37.6 Å². The Morgan fingerprint density at radius 1 is 1.60 bits per heavy atom. The Morgan fingerprint density at radius 2 is 2.35 bits per heavy atom. The molecule has 2 aliphatic heterocycles. The number of thiocarbonyl (C=S) groups is 1. The molecule has 2 aliphatic rings. The summed E-state index contributed by atoms with van der Waals surface area (Å²) in [6.45, 7) is 2.92. The number of amides is 1. The molecule has 0 saturated carbocycles. The zero-order valence-corrected chi connectivity index (χ0v) is 12.9. The number of carboxylic acids is 1. The van der Waals surface area contributed by atoms with Crippen LogP contribution in [-0.2, 0) is 9.59 Å². The topological polar surface area (TPSA) is 69.6 Å². The van der Waals surface area contributed by atoms with Gasteiger partial charge in [-0.1, -0.05) is 32.0 Å². The minimum atomic E-state index is -1.08. The minimum absolute atomic E-state index is 0.0559. The van der Waals surface area contributed by atoms with Crippen LogP contribution in [0, 0.1) is 0 Å². The molecule has 0 aromatic heterocycles. The zero-order valence-electron chi connectivity index (χ0n) is 11.3. The first-order valence-electron chi connectivity index (χ1n) is 6.71. The molecule has 2 N–H and O–H groups in total. The summed E-state index contributed by atoms with van der Waals surface area (Å²) < 4.78 is 0. The first-order chi connectivity index (χ1) is 9.61. The van der Waals surface area contributed by atoms with Crippen molar-refractivity contribution >= 4 is 41.2 Å². The number of aliphatic carboxylic acids is 1. The van der Waals surface area contributed by atoms with Crippen LogP contribution in [0.5, 0.6) is 0 Å². The summed E-state index contributed by atoms with van der Waals surface area (Å²) in [7, 11) is 0. The van der Waals surface area contributed by atoms with E-state index in [0.717, 1.165) is 25.8 Å². The van der Waals surface area contributed by atoms with E-state index in [-0.39, 0.29) is 23.0 Å².